The minimum atomic E-state index is -3.15. The number of hydrogen-bond acceptors (Lipinski definition) is 4. The Morgan fingerprint density at radius 2 is 1.96 bits per heavy atom. The summed E-state index contributed by atoms with van der Waals surface area (Å²) >= 11 is 6.02. The van der Waals surface area contributed by atoms with Crippen LogP contribution in [0.2, 0.25) is 5.02 Å². The van der Waals surface area contributed by atoms with Crippen LogP contribution in [-0.2, 0) is 14.8 Å². The average molecular weight is 417 g/mol. The Morgan fingerprint density at radius 3 is 2.63 bits per heavy atom. The fourth-order valence-corrected chi connectivity index (χ4v) is 4.88. The molecule has 0 aliphatic carbocycles. The number of hydrogen-bond donors (Lipinski definition) is 1. The van der Waals surface area contributed by atoms with Gasteiger partial charge in [0, 0.05) is 25.6 Å². The number of halogens is 1. The maximum atomic E-state index is 12.2. The molecule has 0 aromatic heterocycles. The van der Waals surface area contributed by atoms with E-state index in [1.54, 1.807) is 16.4 Å². The maximum Gasteiger partial charge on any atom is 0.220 e. The molecule has 0 unspecified atom stereocenters. The van der Waals surface area contributed by atoms with Crippen LogP contribution >= 0.6 is 11.6 Å². The smallest absolute Gasteiger partial charge is 0.220 e. The Morgan fingerprint density at radius 1 is 1.26 bits per heavy atom. The molecule has 0 saturated carbocycles. The van der Waals surface area contributed by atoms with Gasteiger partial charge in [0.25, 0.3) is 0 Å². The molecule has 0 atom stereocenters. The third kappa shape index (κ3) is 7.31. The number of amides is 1. The summed E-state index contributed by atoms with van der Waals surface area (Å²) in [6.07, 6.45) is 3.85. The standard InChI is InChI=1S/C19H29ClN2O4S/c1-2-3-15-27(24,25)22-12-10-16(11-13-22)21-19(23)9-6-14-26-18-8-5-4-7-17(18)20/h4-5,7-8,16H,2-3,6,9-15H2,1H3,(H,21,23). The molecule has 0 radical (unpaired) electrons. The van der Waals surface area contributed by atoms with E-state index in [9.17, 15) is 13.2 Å². The lowest BCUT2D eigenvalue weighted by Crippen LogP contribution is -2.47. The van der Waals surface area contributed by atoms with E-state index in [2.05, 4.69) is 5.32 Å². The number of ether oxygens (including phenoxy) is 1. The van der Waals surface area contributed by atoms with Gasteiger partial charge in [0.15, 0.2) is 0 Å². The van der Waals surface area contributed by atoms with Crippen LogP contribution < -0.4 is 10.1 Å². The van der Waals surface area contributed by atoms with Crippen molar-refractivity contribution < 1.29 is 17.9 Å². The van der Waals surface area contributed by atoms with Crippen molar-refractivity contribution in [2.45, 2.75) is 51.5 Å². The number of piperidine rings is 1. The maximum absolute atomic E-state index is 12.2. The fraction of sp³-hybridized carbons (Fsp3) is 0.632. The van der Waals surface area contributed by atoms with Crippen molar-refractivity contribution in [1.82, 2.24) is 9.62 Å². The molecule has 6 nitrogen and oxygen atoms in total. The molecule has 1 aromatic carbocycles. The fourth-order valence-electron chi connectivity index (χ4n) is 3.01. The summed E-state index contributed by atoms with van der Waals surface area (Å²) in [5, 5.41) is 3.56. The van der Waals surface area contributed by atoms with Crippen molar-refractivity contribution in [1.29, 1.82) is 0 Å². The van der Waals surface area contributed by atoms with Gasteiger partial charge in [-0.05, 0) is 37.8 Å². The van der Waals surface area contributed by atoms with Crippen LogP contribution in [-0.4, -0.2) is 50.1 Å². The highest BCUT2D eigenvalue weighted by atomic mass is 35.5. The van der Waals surface area contributed by atoms with Crippen LogP contribution in [0.1, 0.15) is 45.4 Å². The number of unbranched alkanes of at least 4 members (excludes halogenated alkanes) is 1. The van der Waals surface area contributed by atoms with Crippen molar-refractivity contribution in [3.8, 4) is 5.75 Å². The summed E-state index contributed by atoms with van der Waals surface area (Å²) in [4.78, 5) is 12.1. The van der Waals surface area contributed by atoms with Crippen LogP contribution in [0.15, 0.2) is 24.3 Å². The Hall–Kier alpha value is -1.31. The summed E-state index contributed by atoms with van der Waals surface area (Å²) < 4.78 is 31.5. The van der Waals surface area contributed by atoms with Gasteiger partial charge >= 0.3 is 0 Å². The second-order valence-corrected chi connectivity index (χ2v) is 9.29. The minimum Gasteiger partial charge on any atom is -0.492 e. The van der Waals surface area contributed by atoms with Gasteiger partial charge in [-0.1, -0.05) is 37.1 Å². The molecular weight excluding hydrogens is 388 g/mol. The second-order valence-electron chi connectivity index (χ2n) is 6.79. The molecule has 1 heterocycles. The number of carbonyl (C=O) groups is 1. The van der Waals surface area contributed by atoms with E-state index in [0.29, 0.717) is 62.6 Å². The van der Waals surface area contributed by atoms with Crippen molar-refractivity contribution in [3.05, 3.63) is 29.3 Å². The zero-order chi connectivity index (χ0) is 19.7. The second kappa shape index (κ2) is 10.9. The number of benzene rings is 1. The predicted octanol–water partition coefficient (Wildman–Crippen LogP) is 3.21. The number of nitrogens with one attached hydrogen (secondary N) is 1. The van der Waals surface area contributed by atoms with E-state index in [-0.39, 0.29) is 17.7 Å². The van der Waals surface area contributed by atoms with E-state index < -0.39 is 10.0 Å². The SMILES string of the molecule is CCCCS(=O)(=O)N1CCC(NC(=O)CCCOc2ccccc2Cl)CC1. The highest BCUT2D eigenvalue weighted by Gasteiger charge is 2.27. The third-order valence-electron chi connectivity index (χ3n) is 4.61. The molecule has 1 fully saturated rings. The molecule has 8 heteroatoms. The first-order valence-electron chi connectivity index (χ1n) is 9.57. The van der Waals surface area contributed by atoms with E-state index in [1.165, 1.54) is 0 Å². The number of sulfonamides is 1. The van der Waals surface area contributed by atoms with E-state index in [4.69, 9.17) is 16.3 Å². The van der Waals surface area contributed by atoms with Gasteiger partial charge in [0.2, 0.25) is 15.9 Å². The lowest BCUT2D eigenvalue weighted by atomic mass is 10.1. The van der Waals surface area contributed by atoms with Crippen LogP contribution in [0.3, 0.4) is 0 Å². The minimum absolute atomic E-state index is 0.0231. The van der Waals surface area contributed by atoms with Gasteiger partial charge in [-0.3, -0.25) is 4.79 Å². The Bertz CT molecular complexity index is 703. The molecule has 27 heavy (non-hydrogen) atoms. The Labute approximate surface area is 167 Å². The van der Waals surface area contributed by atoms with Crippen LogP contribution in [0.5, 0.6) is 5.75 Å². The zero-order valence-corrected chi connectivity index (χ0v) is 17.4. The first-order valence-corrected chi connectivity index (χ1v) is 11.6. The summed E-state index contributed by atoms with van der Waals surface area (Å²) in [7, 11) is -3.15. The van der Waals surface area contributed by atoms with Crippen molar-refractivity contribution >= 4 is 27.5 Å². The molecule has 1 N–H and O–H groups in total. The number of carbonyl (C=O) groups excluding carboxylic acids is 1. The Kier molecular flexibility index (Phi) is 8.86. The van der Waals surface area contributed by atoms with Gasteiger partial charge in [-0.2, -0.15) is 0 Å². The van der Waals surface area contributed by atoms with Crippen LogP contribution in [0.25, 0.3) is 0 Å². The quantitative estimate of drug-likeness (QED) is 0.594. The topological polar surface area (TPSA) is 75.7 Å². The largest absolute Gasteiger partial charge is 0.492 e. The highest BCUT2D eigenvalue weighted by molar-refractivity contribution is 7.89. The normalized spacial score (nSPS) is 16.2. The monoisotopic (exact) mass is 416 g/mol. The van der Waals surface area contributed by atoms with E-state index in [1.807, 2.05) is 19.1 Å². The molecule has 1 amide bonds. The van der Waals surface area contributed by atoms with Gasteiger partial charge in [0.1, 0.15) is 5.75 Å². The molecule has 0 spiro atoms. The van der Waals surface area contributed by atoms with Gasteiger partial charge in [-0.15, -0.1) is 0 Å². The van der Waals surface area contributed by atoms with Crippen molar-refractivity contribution in [3.63, 3.8) is 0 Å². The van der Waals surface area contributed by atoms with E-state index >= 15 is 0 Å². The van der Waals surface area contributed by atoms with Gasteiger partial charge < -0.3 is 10.1 Å². The summed E-state index contributed by atoms with van der Waals surface area (Å²) in [6.45, 7) is 3.36. The zero-order valence-electron chi connectivity index (χ0n) is 15.8. The lowest BCUT2D eigenvalue weighted by Gasteiger charge is -2.31. The predicted molar refractivity (Wildman–Crippen MR) is 108 cm³/mol. The first kappa shape index (κ1) is 22.0. The molecule has 152 valence electrons. The number of rotatable bonds is 10. The average Bonchev–Trinajstić information content (AvgIpc) is 2.65. The highest BCUT2D eigenvalue weighted by Crippen LogP contribution is 2.23. The van der Waals surface area contributed by atoms with Crippen molar-refractivity contribution in [2.75, 3.05) is 25.4 Å². The molecule has 1 aliphatic rings. The van der Waals surface area contributed by atoms with Gasteiger partial charge in [-0.25, -0.2) is 12.7 Å². The molecule has 1 aliphatic heterocycles. The summed E-state index contributed by atoms with van der Waals surface area (Å²) in [6, 6.07) is 7.29. The molecular formula is C19H29ClN2O4S. The summed E-state index contributed by atoms with van der Waals surface area (Å²) in [5.41, 5.74) is 0. The molecule has 0 bridgehead atoms. The van der Waals surface area contributed by atoms with Crippen LogP contribution in [0.4, 0.5) is 0 Å². The Balaban J connectivity index is 1.64. The number of nitrogens with zero attached hydrogens (tertiary/aromatic N) is 1. The number of para-hydroxylation sites is 1. The van der Waals surface area contributed by atoms with E-state index in [0.717, 1.165) is 6.42 Å². The van der Waals surface area contributed by atoms with Crippen molar-refractivity contribution in [2.24, 2.45) is 0 Å². The molecule has 1 aromatic rings. The molecule has 1 saturated heterocycles. The van der Waals surface area contributed by atoms with Crippen LogP contribution in [0, 0.1) is 0 Å². The summed E-state index contributed by atoms with van der Waals surface area (Å²) in [5.74, 6) is 0.813. The van der Waals surface area contributed by atoms with Gasteiger partial charge in [0.05, 0.1) is 17.4 Å². The molecule has 2 rings (SSSR count). The lowest BCUT2D eigenvalue weighted by molar-refractivity contribution is -0.122. The third-order valence-corrected chi connectivity index (χ3v) is 6.88. The first-order chi connectivity index (χ1) is 12.9.